The van der Waals surface area contributed by atoms with Gasteiger partial charge < -0.3 is 123 Å². The zero-order valence-electron chi connectivity index (χ0n) is 61.7. The van der Waals surface area contributed by atoms with E-state index in [0.717, 1.165) is 18.9 Å². The molecule has 2 aliphatic carbocycles. The fraction of sp³-hybridized carbons (Fsp3) is 0.729. The van der Waals surface area contributed by atoms with Crippen molar-refractivity contribution in [3.8, 4) is 40.9 Å². The van der Waals surface area contributed by atoms with Gasteiger partial charge >= 0.3 is 6.09 Å². The number of nitrogens with one attached hydrogen (secondary N) is 3. The van der Waals surface area contributed by atoms with Gasteiger partial charge in [-0.2, -0.15) is 5.48 Å². The van der Waals surface area contributed by atoms with Crippen molar-refractivity contribution in [2.75, 3.05) is 120 Å². The quantitative estimate of drug-likeness (QED) is 0.0112. The van der Waals surface area contributed by atoms with Crippen molar-refractivity contribution in [1.29, 1.82) is 0 Å². The molecule has 596 valence electrons. The van der Waals surface area contributed by atoms with Crippen molar-refractivity contribution < 1.29 is 131 Å². The first-order valence-corrected chi connectivity index (χ1v) is 39.2. The summed E-state index contributed by atoms with van der Waals surface area (Å²) in [5, 5.41) is 72.2. The number of hydroxylamine groups is 1. The number of likely N-dealkylation sites (N-methyl/N-ethyl adjacent to an activating group) is 1. The molecule has 36 heteroatoms. The summed E-state index contributed by atoms with van der Waals surface area (Å²) in [6.07, 6.45) is -14.9. The van der Waals surface area contributed by atoms with Gasteiger partial charge in [0.2, 0.25) is 29.0 Å². The number of amides is 3. The molecule has 0 spiro atoms. The molecule has 1 aromatic rings. The molecule has 4 aliphatic heterocycles. The highest BCUT2D eigenvalue weighted by atomic mass is 127. The van der Waals surface area contributed by atoms with E-state index in [0.29, 0.717) is 48.5 Å². The number of thioether (sulfide) groups is 1. The Kier molecular flexibility index (Phi) is 36.1. The second-order valence-electron chi connectivity index (χ2n) is 26.2. The summed E-state index contributed by atoms with van der Waals surface area (Å²) < 4.78 is 89.2. The molecule has 32 nitrogen and oxygen atoms in total. The van der Waals surface area contributed by atoms with Crippen LogP contribution in [0.4, 0.5) is 4.79 Å². The van der Waals surface area contributed by atoms with Crippen LogP contribution in [0.1, 0.15) is 83.1 Å². The van der Waals surface area contributed by atoms with Crippen molar-refractivity contribution in [3.05, 3.63) is 38.5 Å². The van der Waals surface area contributed by atoms with E-state index in [9.17, 15) is 49.5 Å². The minimum Gasteiger partial charge on any atom is -0.492 e. The van der Waals surface area contributed by atoms with Crippen molar-refractivity contribution in [1.82, 2.24) is 21.0 Å². The SMILES string of the molecule is CCN(C(=O)CN)C1COCC(OC2C(O[C@H]3C#C/C=C\C#C[C@]4(O)CC(=O)C(NC(=O)OC)C3/C4=C\CSSC(C)(C)CCC(=O)NCCOCCOCCOCCO)OC(C)C(NOC3CC(O)C(SC(=O)c4c(C)c(I)c(OC5OC(C)C(O)C(OC)C5O)c(OC)c4OC)C(C)O3)C2O)C1OC. The van der Waals surface area contributed by atoms with E-state index in [-0.39, 0.29) is 99.0 Å². The van der Waals surface area contributed by atoms with Gasteiger partial charge in [-0.3, -0.25) is 24.0 Å². The minimum absolute atomic E-state index is 0.00202. The monoisotopic (exact) mass is 1670 g/mol. The lowest BCUT2D eigenvalue weighted by molar-refractivity contribution is -0.326. The molecule has 1 aromatic carbocycles. The number of rotatable bonds is 37. The minimum atomic E-state index is -2.15. The number of ether oxygens (including phenoxy) is 15. The molecule has 4 heterocycles. The number of alkyl carbamates (subject to hydrolysis) is 1. The van der Waals surface area contributed by atoms with Crippen LogP contribution in [0.3, 0.4) is 0 Å². The molecule has 11 N–H and O–H groups in total. The highest BCUT2D eigenvalue weighted by Crippen LogP contribution is 2.50. The molecular formula is C70H104IN5O27S3. The lowest BCUT2D eigenvalue weighted by Crippen LogP contribution is -2.67. The van der Waals surface area contributed by atoms with Crippen LogP contribution < -0.4 is 36.1 Å². The Labute approximate surface area is 643 Å². The Morgan fingerprint density at radius 1 is 0.840 bits per heavy atom. The number of nitrogens with two attached hydrogens (primary N) is 1. The predicted molar refractivity (Wildman–Crippen MR) is 395 cm³/mol. The van der Waals surface area contributed by atoms with Gasteiger partial charge in [0.05, 0.1) is 145 Å². The number of benzene rings is 1. The molecule has 2 bridgehead atoms. The highest BCUT2D eigenvalue weighted by Gasteiger charge is 2.56. The summed E-state index contributed by atoms with van der Waals surface area (Å²) in [6.45, 7) is 14.3. The molecule has 0 radical (unpaired) electrons. The Morgan fingerprint density at radius 2 is 1.52 bits per heavy atom. The van der Waals surface area contributed by atoms with E-state index in [2.05, 4.69) is 39.8 Å². The van der Waals surface area contributed by atoms with Crippen LogP contribution in [0.25, 0.3) is 0 Å². The van der Waals surface area contributed by atoms with Gasteiger partial charge in [-0.05, 0) is 101 Å². The first-order chi connectivity index (χ1) is 50.7. The van der Waals surface area contributed by atoms with Crippen LogP contribution in [0.15, 0.2) is 23.8 Å². The number of Topliss-reactive ketones (excluding diaryl/α,β-unsaturated/α-hetero) is 1. The smallest absolute Gasteiger partial charge is 0.407 e. The summed E-state index contributed by atoms with van der Waals surface area (Å²) in [5.74, 6) is 9.43. The average molecular weight is 1670 g/mol. The standard InChI is InChI=1S/C70H104IN5O27S3/c1-13-76(48(81)34-72)42-35-96-36-46(58(42)88-8)100-62-56(83)53(75-103-49-32-43(78)64(40(5)97-49)105-65(85)50-37(2)52(71)60(63(91-11)59(50)89-9)102-66-57(84)61(90-10)55(82)39(4)99-66)38(3)98-67(62)101-45-18-16-14-15-17-21-70(87)33-44(79)54(74-68(86)92-12)51(45)41(70)20-31-104-106-69(6,7)22-19-47(80)73-23-25-93-27-29-95-30-28-94-26-24-77/h14-15,20,38-40,42-43,45-46,49,51,53-58,61-62,64,66-67,75,77-78,82-84,87H,13,19,22-36,72H2,1-12H3,(H,73,80)(H,74,86)/b15-14-,41-20+/t38?,39?,40?,42?,43?,45-,46?,49?,51?,53?,54?,55?,56?,57?,58?,61?,62?,64?,66?,67?,70-/m0/s1. The van der Waals surface area contributed by atoms with Gasteiger partial charge in [-0.1, -0.05) is 63.1 Å². The molecule has 3 amide bonds. The normalized spacial score (nSPS) is 32.3. The molecule has 0 aromatic heterocycles. The van der Waals surface area contributed by atoms with Crippen LogP contribution >= 0.6 is 55.9 Å². The highest BCUT2D eigenvalue weighted by molar-refractivity contribution is 14.1. The third-order valence-corrected chi connectivity index (χ3v) is 24.5. The summed E-state index contributed by atoms with van der Waals surface area (Å²) in [7, 11) is 9.50. The molecule has 5 fully saturated rings. The van der Waals surface area contributed by atoms with E-state index >= 15 is 0 Å². The van der Waals surface area contributed by atoms with Gasteiger partial charge in [0, 0.05) is 56.6 Å². The number of halogens is 1. The number of carbonyl (C=O) groups excluding carboxylic acids is 5. The topological polar surface area (TPSA) is 420 Å². The zero-order valence-corrected chi connectivity index (χ0v) is 66.3. The van der Waals surface area contributed by atoms with E-state index in [1.807, 2.05) is 36.4 Å². The third kappa shape index (κ3) is 23.2. The number of methoxy groups -OCH3 is 5. The van der Waals surface area contributed by atoms with E-state index in [1.165, 1.54) is 67.1 Å². The largest absolute Gasteiger partial charge is 0.492 e. The van der Waals surface area contributed by atoms with Crippen molar-refractivity contribution in [3.63, 3.8) is 0 Å². The molecule has 7 rings (SSSR count). The fourth-order valence-electron chi connectivity index (χ4n) is 13.1. The molecule has 1 saturated carbocycles. The van der Waals surface area contributed by atoms with Crippen LogP contribution in [-0.2, 0) is 76.1 Å². The maximum atomic E-state index is 14.6. The Bertz CT molecular complexity index is 3260. The van der Waals surface area contributed by atoms with Gasteiger partial charge in [0.25, 0.3) is 0 Å². The maximum absolute atomic E-state index is 14.6. The van der Waals surface area contributed by atoms with E-state index in [4.69, 9.17) is 86.7 Å². The second-order valence-corrected chi connectivity index (χ2v) is 31.5. The first kappa shape index (κ1) is 89.0. The zero-order chi connectivity index (χ0) is 77.6. The number of nitrogens with zero attached hydrogens (tertiary/aromatic N) is 1. The number of hydrogen-bond acceptors (Lipinski definition) is 32. The van der Waals surface area contributed by atoms with E-state index in [1.54, 1.807) is 40.7 Å². The average Bonchev–Trinajstić information content (AvgIpc) is 0.758. The summed E-state index contributed by atoms with van der Waals surface area (Å²) >= 11 is 2.78. The number of allylic oxidation sites excluding steroid dienone is 2. The van der Waals surface area contributed by atoms with Gasteiger partial charge in [0.1, 0.15) is 54.9 Å². The molecular weight excluding hydrogens is 1570 g/mol. The number of carbonyl (C=O) groups is 5. The lowest BCUT2D eigenvalue weighted by atomic mass is 9.68. The van der Waals surface area contributed by atoms with Gasteiger partial charge in [-0.25, -0.2) is 4.79 Å². The second kappa shape index (κ2) is 43.0. The number of aliphatic hydroxyl groups is 6. The molecule has 4 saturated heterocycles. The summed E-state index contributed by atoms with van der Waals surface area (Å²) in [6, 6.07) is -3.40. The fourth-order valence-corrected chi connectivity index (χ4v) is 17.3. The van der Waals surface area contributed by atoms with Crippen LogP contribution in [0.5, 0.6) is 17.2 Å². The lowest BCUT2D eigenvalue weighted by Gasteiger charge is -2.49. The van der Waals surface area contributed by atoms with Crippen LogP contribution in [0.2, 0.25) is 0 Å². The number of ketones is 1. The van der Waals surface area contributed by atoms with Crippen molar-refractivity contribution >= 4 is 84.7 Å². The predicted octanol–water partition coefficient (Wildman–Crippen LogP) is 1.22. The Morgan fingerprint density at radius 3 is 2.17 bits per heavy atom. The Balaban J connectivity index is 1.11. The van der Waals surface area contributed by atoms with Crippen molar-refractivity contribution in [2.24, 2.45) is 11.7 Å². The molecule has 21 atom stereocenters. The third-order valence-electron chi connectivity index (χ3n) is 18.6. The maximum Gasteiger partial charge on any atom is 0.407 e. The molecule has 106 heavy (non-hydrogen) atoms. The first-order valence-electron chi connectivity index (χ1n) is 34.9. The number of hydrogen-bond donors (Lipinski definition) is 10. The summed E-state index contributed by atoms with van der Waals surface area (Å²) in [4.78, 5) is 76.4. The summed E-state index contributed by atoms with van der Waals surface area (Å²) in [5.41, 5.74) is 7.30. The Hall–Kier alpha value is -4.25. The van der Waals surface area contributed by atoms with Crippen molar-refractivity contribution in [2.45, 2.75) is 200 Å². The number of fused-ring (bicyclic) bond motifs is 2. The number of aliphatic hydroxyl groups excluding tert-OH is 5. The van der Waals surface area contributed by atoms with Gasteiger partial charge in [0.15, 0.2) is 35.5 Å². The molecule has 19 unspecified atom stereocenters. The van der Waals surface area contributed by atoms with Gasteiger partial charge in [-0.15, -0.1) is 0 Å². The molecule has 6 aliphatic rings. The van der Waals surface area contributed by atoms with Crippen LogP contribution in [-0.4, -0.2) is 311 Å². The van der Waals surface area contributed by atoms with Crippen LogP contribution in [0, 0.1) is 40.1 Å². The van der Waals surface area contributed by atoms with E-state index < -0.39 is 161 Å².